The first-order chi connectivity index (χ1) is 11.7. The van der Waals surface area contributed by atoms with Gasteiger partial charge in [-0.2, -0.15) is 0 Å². The largest absolute Gasteiger partial charge is 0.378 e. The molecule has 0 aromatic carbocycles. The van der Waals surface area contributed by atoms with Gasteiger partial charge in [0.2, 0.25) is 0 Å². The molecule has 3 rings (SSSR count). The molecule has 6 nitrogen and oxygen atoms in total. The standard InChI is InChI=1S/C18H33N3O3/c1-3-19(4-2)7-8-20-6-5-15-13-16(24-17(15)14-20)18(22)21-9-11-23-12-10-21/h15-17H,3-14H2,1-2H3/t15-,16-,17-/m0/s1. The molecule has 0 radical (unpaired) electrons. The maximum absolute atomic E-state index is 12.6. The van der Waals surface area contributed by atoms with Gasteiger partial charge in [0.25, 0.3) is 5.91 Å². The third-order valence-corrected chi connectivity index (χ3v) is 5.86. The molecule has 0 spiro atoms. The van der Waals surface area contributed by atoms with Gasteiger partial charge in [0.15, 0.2) is 0 Å². The highest BCUT2D eigenvalue weighted by atomic mass is 16.5. The second-order valence-electron chi connectivity index (χ2n) is 7.21. The summed E-state index contributed by atoms with van der Waals surface area (Å²) in [6, 6.07) is 0. The lowest BCUT2D eigenvalue weighted by atomic mass is 9.91. The van der Waals surface area contributed by atoms with Crippen LogP contribution in [0.3, 0.4) is 0 Å². The Kier molecular flexibility index (Phi) is 6.49. The van der Waals surface area contributed by atoms with Crippen molar-refractivity contribution in [3.8, 4) is 0 Å². The number of likely N-dealkylation sites (N-methyl/N-ethyl adjacent to an activating group) is 1. The lowest BCUT2D eigenvalue weighted by Gasteiger charge is -2.35. The Hall–Kier alpha value is -0.690. The van der Waals surface area contributed by atoms with E-state index >= 15 is 0 Å². The molecule has 3 heterocycles. The minimum atomic E-state index is -0.221. The van der Waals surface area contributed by atoms with Gasteiger partial charge >= 0.3 is 0 Å². The van der Waals surface area contributed by atoms with Gasteiger partial charge in [-0.15, -0.1) is 0 Å². The molecule has 138 valence electrons. The summed E-state index contributed by atoms with van der Waals surface area (Å²) in [5.74, 6) is 0.743. The van der Waals surface area contributed by atoms with E-state index in [0.717, 1.165) is 52.1 Å². The maximum Gasteiger partial charge on any atom is 0.251 e. The molecule has 0 saturated carbocycles. The lowest BCUT2D eigenvalue weighted by molar-refractivity contribution is -0.147. The van der Waals surface area contributed by atoms with Gasteiger partial charge in [-0.05, 0) is 38.4 Å². The number of likely N-dealkylation sites (tertiary alicyclic amines) is 1. The van der Waals surface area contributed by atoms with Crippen molar-refractivity contribution in [2.75, 3.05) is 65.6 Å². The molecule has 0 aromatic heterocycles. The summed E-state index contributed by atoms with van der Waals surface area (Å²) >= 11 is 0. The average molecular weight is 339 g/mol. The predicted octanol–water partition coefficient (Wildman–Crippen LogP) is 0.666. The van der Waals surface area contributed by atoms with Gasteiger partial charge < -0.3 is 19.3 Å². The number of nitrogens with zero attached hydrogens (tertiary/aromatic N) is 3. The number of ether oxygens (including phenoxy) is 2. The van der Waals surface area contributed by atoms with Crippen molar-refractivity contribution in [3.05, 3.63) is 0 Å². The first-order valence-electron chi connectivity index (χ1n) is 9.68. The van der Waals surface area contributed by atoms with Crippen LogP contribution in [0.25, 0.3) is 0 Å². The molecule has 0 aliphatic carbocycles. The lowest BCUT2D eigenvalue weighted by Crippen LogP contribution is -2.46. The Labute approximate surface area is 146 Å². The molecule has 0 unspecified atom stereocenters. The van der Waals surface area contributed by atoms with E-state index in [1.54, 1.807) is 0 Å². The van der Waals surface area contributed by atoms with Crippen molar-refractivity contribution in [3.63, 3.8) is 0 Å². The Bertz CT molecular complexity index is 410. The van der Waals surface area contributed by atoms with Gasteiger partial charge in [0.1, 0.15) is 6.10 Å². The van der Waals surface area contributed by atoms with Crippen LogP contribution in [0.2, 0.25) is 0 Å². The zero-order chi connectivity index (χ0) is 16.9. The number of rotatable bonds is 6. The number of amides is 1. The van der Waals surface area contributed by atoms with Crippen molar-refractivity contribution in [2.45, 2.75) is 38.9 Å². The van der Waals surface area contributed by atoms with E-state index in [-0.39, 0.29) is 18.1 Å². The summed E-state index contributed by atoms with van der Waals surface area (Å²) in [7, 11) is 0. The molecule has 0 aromatic rings. The zero-order valence-corrected chi connectivity index (χ0v) is 15.3. The second kappa shape index (κ2) is 8.61. The van der Waals surface area contributed by atoms with Crippen LogP contribution in [-0.2, 0) is 14.3 Å². The maximum atomic E-state index is 12.6. The van der Waals surface area contributed by atoms with Crippen LogP contribution in [0.4, 0.5) is 0 Å². The highest BCUT2D eigenvalue weighted by Crippen LogP contribution is 2.34. The summed E-state index contributed by atoms with van der Waals surface area (Å²) in [6.07, 6.45) is 2.09. The van der Waals surface area contributed by atoms with Gasteiger partial charge in [-0.3, -0.25) is 9.69 Å². The SMILES string of the molecule is CCN(CC)CCN1CC[C@H]2C[C@@H](C(=O)N3CCOCC3)O[C@H]2C1. The van der Waals surface area contributed by atoms with Gasteiger partial charge in [-0.1, -0.05) is 13.8 Å². The van der Waals surface area contributed by atoms with E-state index < -0.39 is 0 Å². The summed E-state index contributed by atoms with van der Waals surface area (Å²) in [5.41, 5.74) is 0. The van der Waals surface area contributed by atoms with E-state index in [9.17, 15) is 4.79 Å². The molecule has 3 aliphatic rings. The fourth-order valence-corrected chi connectivity index (χ4v) is 4.17. The summed E-state index contributed by atoms with van der Waals surface area (Å²) in [6.45, 7) is 13.8. The molecule has 3 saturated heterocycles. The number of morpholine rings is 1. The molecule has 3 atom stereocenters. The molecule has 1 amide bonds. The van der Waals surface area contributed by atoms with Crippen LogP contribution < -0.4 is 0 Å². The van der Waals surface area contributed by atoms with E-state index in [2.05, 4.69) is 23.6 Å². The molecule has 6 heteroatoms. The molecule has 3 fully saturated rings. The van der Waals surface area contributed by atoms with Crippen LogP contribution in [0.5, 0.6) is 0 Å². The fraction of sp³-hybridized carbons (Fsp3) is 0.944. The monoisotopic (exact) mass is 339 g/mol. The first-order valence-corrected chi connectivity index (χ1v) is 9.68. The Morgan fingerprint density at radius 2 is 1.92 bits per heavy atom. The van der Waals surface area contributed by atoms with Crippen LogP contribution in [0.1, 0.15) is 26.7 Å². The second-order valence-corrected chi connectivity index (χ2v) is 7.21. The van der Waals surface area contributed by atoms with Crippen molar-refractivity contribution in [1.82, 2.24) is 14.7 Å². The van der Waals surface area contributed by atoms with Crippen molar-refractivity contribution < 1.29 is 14.3 Å². The van der Waals surface area contributed by atoms with Gasteiger partial charge in [-0.25, -0.2) is 0 Å². The third kappa shape index (κ3) is 4.28. The number of fused-ring (bicyclic) bond motifs is 1. The normalized spacial score (nSPS) is 31.5. The number of carbonyl (C=O) groups is 1. The minimum Gasteiger partial charge on any atom is -0.378 e. The smallest absolute Gasteiger partial charge is 0.251 e. The average Bonchev–Trinajstić information content (AvgIpc) is 3.06. The first kappa shape index (κ1) is 18.1. The summed E-state index contributed by atoms with van der Waals surface area (Å²) < 4.78 is 11.5. The molecule has 3 aliphatic heterocycles. The molecule has 0 bridgehead atoms. The molecular weight excluding hydrogens is 306 g/mol. The molecule has 24 heavy (non-hydrogen) atoms. The van der Waals surface area contributed by atoms with Crippen molar-refractivity contribution in [1.29, 1.82) is 0 Å². The van der Waals surface area contributed by atoms with Crippen LogP contribution in [0.15, 0.2) is 0 Å². The quantitative estimate of drug-likeness (QED) is 0.712. The van der Waals surface area contributed by atoms with Crippen molar-refractivity contribution >= 4 is 5.91 Å². The molecular formula is C18H33N3O3. The van der Waals surface area contributed by atoms with Crippen LogP contribution in [0, 0.1) is 5.92 Å². The van der Waals surface area contributed by atoms with Crippen LogP contribution in [-0.4, -0.2) is 98.4 Å². The minimum absolute atomic E-state index is 0.183. The topological polar surface area (TPSA) is 45.2 Å². The van der Waals surface area contributed by atoms with E-state index in [1.165, 1.54) is 0 Å². The summed E-state index contributed by atoms with van der Waals surface area (Å²) in [4.78, 5) is 19.5. The van der Waals surface area contributed by atoms with Crippen molar-refractivity contribution in [2.24, 2.45) is 5.92 Å². The van der Waals surface area contributed by atoms with E-state index in [0.29, 0.717) is 32.2 Å². The predicted molar refractivity (Wildman–Crippen MR) is 93.0 cm³/mol. The van der Waals surface area contributed by atoms with E-state index in [1.807, 2.05) is 4.90 Å². The Morgan fingerprint density at radius 1 is 1.17 bits per heavy atom. The Balaban J connectivity index is 1.46. The highest BCUT2D eigenvalue weighted by molar-refractivity contribution is 5.81. The Morgan fingerprint density at radius 3 is 2.62 bits per heavy atom. The molecule has 0 N–H and O–H groups in total. The number of carbonyl (C=O) groups excluding carboxylic acids is 1. The number of piperidine rings is 1. The van der Waals surface area contributed by atoms with Gasteiger partial charge in [0, 0.05) is 32.7 Å². The number of hydrogen-bond acceptors (Lipinski definition) is 5. The zero-order valence-electron chi connectivity index (χ0n) is 15.3. The van der Waals surface area contributed by atoms with Gasteiger partial charge in [0.05, 0.1) is 19.3 Å². The summed E-state index contributed by atoms with van der Waals surface area (Å²) in [5, 5.41) is 0. The van der Waals surface area contributed by atoms with Crippen LogP contribution >= 0.6 is 0 Å². The van der Waals surface area contributed by atoms with E-state index in [4.69, 9.17) is 9.47 Å². The fourth-order valence-electron chi connectivity index (χ4n) is 4.17. The number of hydrogen-bond donors (Lipinski definition) is 0. The third-order valence-electron chi connectivity index (χ3n) is 5.86. The highest BCUT2D eigenvalue weighted by Gasteiger charge is 2.43.